The monoisotopic (exact) mass is 458 g/mol. The zero-order chi connectivity index (χ0) is 23.3. The van der Waals surface area contributed by atoms with E-state index >= 15 is 0 Å². The van der Waals surface area contributed by atoms with Gasteiger partial charge in [0.1, 0.15) is 6.61 Å². The molecule has 2 aromatic rings. The fourth-order valence-corrected chi connectivity index (χ4v) is 3.77. The molecule has 0 spiro atoms. The van der Waals surface area contributed by atoms with Crippen molar-refractivity contribution in [2.24, 2.45) is 0 Å². The summed E-state index contributed by atoms with van der Waals surface area (Å²) < 4.78 is 83.4. The first-order valence-corrected chi connectivity index (χ1v) is 9.53. The molecule has 2 saturated heterocycles. The van der Waals surface area contributed by atoms with Crippen molar-refractivity contribution in [3.63, 3.8) is 0 Å². The molecular weight excluding hydrogens is 442 g/mol. The zero-order valence-corrected chi connectivity index (χ0v) is 16.3. The number of amides is 2. The Kier molecular flexibility index (Phi) is 5.30. The van der Waals surface area contributed by atoms with Crippen molar-refractivity contribution in [2.75, 3.05) is 13.1 Å². The minimum Gasteiger partial charge on any atom is -0.445 e. The summed E-state index contributed by atoms with van der Waals surface area (Å²) in [5.41, 5.74) is -3.01. The van der Waals surface area contributed by atoms with E-state index in [2.05, 4.69) is 0 Å². The Labute approximate surface area is 178 Å². The Bertz CT molecular complexity index is 994. The lowest BCUT2D eigenvalue weighted by Gasteiger charge is -2.21. The largest absolute Gasteiger partial charge is 0.445 e. The number of carbonyl (C=O) groups excluding carboxylic acids is 2. The van der Waals surface area contributed by atoms with Crippen LogP contribution >= 0.6 is 0 Å². The van der Waals surface area contributed by atoms with Crippen LogP contribution in [-0.4, -0.2) is 47.0 Å². The molecular formula is C21H16F6N2O3. The fourth-order valence-electron chi connectivity index (χ4n) is 3.77. The van der Waals surface area contributed by atoms with Crippen molar-refractivity contribution in [3.8, 4) is 0 Å². The van der Waals surface area contributed by atoms with Crippen LogP contribution < -0.4 is 0 Å². The van der Waals surface area contributed by atoms with E-state index in [0.29, 0.717) is 12.1 Å². The predicted molar refractivity (Wildman–Crippen MR) is 98.4 cm³/mol. The maximum atomic E-state index is 13.0. The molecule has 0 radical (unpaired) electrons. The zero-order valence-electron chi connectivity index (χ0n) is 16.3. The van der Waals surface area contributed by atoms with Gasteiger partial charge in [-0.15, -0.1) is 0 Å². The van der Waals surface area contributed by atoms with E-state index in [1.165, 1.54) is 9.80 Å². The summed E-state index contributed by atoms with van der Waals surface area (Å²) in [6.45, 7) is 0.239. The molecule has 0 saturated carbocycles. The standard InChI is InChI=1S/C21H16F6N2O3/c22-20(23,24)14-6-13(7-15(8-14)21(25,26)27)18(30)29-16-9-28(10-17(16)29)19(31)32-11-12-4-2-1-3-5-12/h1-8,16-17H,9-11H2. The van der Waals surface area contributed by atoms with Crippen LogP contribution in [0.15, 0.2) is 48.5 Å². The number of piperazine rings is 1. The second kappa shape index (κ2) is 7.72. The predicted octanol–water partition coefficient (Wildman–Crippen LogP) is 4.57. The van der Waals surface area contributed by atoms with Gasteiger partial charge in [0.15, 0.2) is 0 Å². The van der Waals surface area contributed by atoms with Gasteiger partial charge in [0.25, 0.3) is 5.91 Å². The molecule has 2 heterocycles. The molecule has 32 heavy (non-hydrogen) atoms. The second-order valence-electron chi connectivity index (χ2n) is 7.59. The molecule has 0 aromatic heterocycles. The van der Waals surface area contributed by atoms with E-state index < -0.39 is 53.1 Å². The third-order valence-corrected chi connectivity index (χ3v) is 5.42. The van der Waals surface area contributed by atoms with Crippen molar-refractivity contribution < 1.29 is 40.7 Å². The van der Waals surface area contributed by atoms with Crippen molar-refractivity contribution in [1.82, 2.24) is 9.80 Å². The quantitative estimate of drug-likeness (QED) is 0.500. The molecule has 2 fully saturated rings. The molecule has 2 aliphatic heterocycles. The summed E-state index contributed by atoms with van der Waals surface area (Å²) >= 11 is 0. The van der Waals surface area contributed by atoms with Gasteiger partial charge in [0, 0.05) is 18.7 Å². The first-order valence-electron chi connectivity index (χ1n) is 9.53. The second-order valence-corrected chi connectivity index (χ2v) is 7.59. The average molecular weight is 458 g/mol. The molecule has 2 atom stereocenters. The smallest absolute Gasteiger partial charge is 0.416 e. The molecule has 4 rings (SSSR count). The minimum absolute atomic E-state index is 0.0235. The van der Waals surface area contributed by atoms with E-state index in [9.17, 15) is 35.9 Å². The average Bonchev–Trinajstić information content (AvgIpc) is 3.23. The van der Waals surface area contributed by atoms with Gasteiger partial charge in [-0.05, 0) is 23.8 Å². The number of ether oxygens (including phenoxy) is 1. The molecule has 0 bridgehead atoms. The molecule has 2 unspecified atom stereocenters. The Balaban J connectivity index is 1.41. The summed E-state index contributed by atoms with van der Waals surface area (Å²) in [5.74, 6) is -0.936. The van der Waals surface area contributed by atoms with Gasteiger partial charge in [-0.2, -0.15) is 26.3 Å². The van der Waals surface area contributed by atoms with E-state index in [-0.39, 0.29) is 25.8 Å². The van der Waals surface area contributed by atoms with Crippen LogP contribution in [0.3, 0.4) is 0 Å². The van der Waals surface area contributed by atoms with E-state index in [1.54, 1.807) is 24.3 Å². The van der Waals surface area contributed by atoms with E-state index in [0.717, 1.165) is 5.56 Å². The van der Waals surface area contributed by atoms with Crippen molar-refractivity contribution in [1.29, 1.82) is 0 Å². The lowest BCUT2D eigenvalue weighted by molar-refractivity contribution is -0.143. The fraction of sp³-hybridized carbons (Fsp3) is 0.333. The highest BCUT2D eigenvalue weighted by Crippen LogP contribution is 2.40. The minimum atomic E-state index is -5.04. The molecule has 2 aromatic carbocycles. The van der Waals surface area contributed by atoms with E-state index in [1.807, 2.05) is 6.07 Å². The highest BCUT2D eigenvalue weighted by atomic mass is 19.4. The van der Waals surface area contributed by atoms with Crippen molar-refractivity contribution >= 4 is 12.0 Å². The normalized spacial score (nSPS) is 20.2. The number of rotatable bonds is 3. The Morgan fingerprint density at radius 2 is 1.41 bits per heavy atom. The van der Waals surface area contributed by atoms with Gasteiger partial charge in [-0.3, -0.25) is 4.79 Å². The number of hydrogen-bond donors (Lipinski definition) is 0. The summed E-state index contributed by atoms with van der Waals surface area (Å²) in [7, 11) is 0. The Hall–Kier alpha value is -3.24. The molecule has 0 aliphatic carbocycles. The number of likely N-dealkylation sites (tertiary alicyclic amines) is 1. The van der Waals surface area contributed by atoms with Gasteiger partial charge >= 0.3 is 18.4 Å². The van der Waals surface area contributed by atoms with Gasteiger partial charge in [0.2, 0.25) is 0 Å². The molecule has 11 heteroatoms. The van der Waals surface area contributed by atoms with Crippen molar-refractivity contribution in [3.05, 3.63) is 70.8 Å². The highest BCUT2D eigenvalue weighted by Gasteiger charge is 2.58. The topological polar surface area (TPSA) is 49.6 Å². The number of hydrogen-bond acceptors (Lipinski definition) is 3. The maximum Gasteiger partial charge on any atom is 0.416 e. The van der Waals surface area contributed by atoms with Gasteiger partial charge < -0.3 is 14.5 Å². The summed E-state index contributed by atoms with van der Waals surface area (Å²) in [4.78, 5) is 27.4. The lowest BCUT2D eigenvalue weighted by atomic mass is 10.0. The van der Waals surface area contributed by atoms with Crippen LogP contribution in [0, 0.1) is 0 Å². The first kappa shape index (κ1) is 22.0. The number of nitrogens with zero attached hydrogens (tertiary/aromatic N) is 2. The Morgan fingerprint density at radius 3 is 1.91 bits per heavy atom. The Morgan fingerprint density at radius 1 is 0.875 bits per heavy atom. The van der Waals surface area contributed by atoms with Crippen LogP contribution in [0.1, 0.15) is 27.0 Å². The number of halogens is 6. The third-order valence-electron chi connectivity index (χ3n) is 5.42. The van der Waals surface area contributed by atoms with Gasteiger partial charge in [0.05, 0.1) is 23.2 Å². The summed E-state index contributed by atoms with van der Waals surface area (Å²) in [6.07, 6.45) is -10.7. The van der Waals surface area contributed by atoms with Gasteiger partial charge in [-0.1, -0.05) is 30.3 Å². The van der Waals surface area contributed by atoms with Gasteiger partial charge in [-0.25, -0.2) is 4.79 Å². The SMILES string of the molecule is O=C(OCc1ccccc1)N1CC2C(C1)N2C(=O)c1cc(C(F)(F)F)cc(C(F)(F)F)c1. The van der Waals surface area contributed by atoms with Crippen LogP contribution in [0.5, 0.6) is 0 Å². The molecule has 0 N–H and O–H groups in total. The van der Waals surface area contributed by atoms with E-state index in [4.69, 9.17) is 4.74 Å². The summed E-state index contributed by atoms with van der Waals surface area (Å²) in [5, 5.41) is 0. The number of alkyl halides is 6. The van der Waals surface area contributed by atoms with Crippen LogP contribution in [0.2, 0.25) is 0 Å². The number of benzene rings is 2. The van der Waals surface area contributed by atoms with Crippen LogP contribution in [0.25, 0.3) is 0 Å². The number of carbonyl (C=O) groups is 2. The third kappa shape index (κ3) is 4.37. The molecule has 2 aliphatic rings. The summed E-state index contributed by atoms with van der Waals surface area (Å²) in [6, 6.07) is 8.79. The number of fused-ring (bicyclic) bond motifs is 1. The van der Waals surface area contributed by atoms with Crippen molar-refractivity contribution in [2.45, 2.75) is 31.0 Å². The van der Waals surface area contributed by atoms with Crippen LogP contribution in [-0.2, 0) is 23.7 Å². The first-order chi connectivity index (χ1) is 14.9. The molecule has 5 nitrogen and oxygen atoms in total. The van der Waals surface area contributed by atoms with Crippen LogP contribution in [0.4, 0.5) is 31.1 Å². The molecule has 170 valence electrons. The maximum absolute atomic E-state index is 13.0. The lowest BCUT2D eigenvalue weighted by Crippen LogP contribution is -2.36. The molecule has 2 amide bonds. The highest BCUT2D eigenvalue weighted by molar-refractivity contribution is 5.97.